The molecule has 1 rings (SSSR count). The Morgan fingerprint density at radius 1 is 1.46 bits per heavy atom. The fraction of sp³-hybridized carbons (Fsp3) is 0.111. The van der Waals surface area contributed by atoms with Crippen molar-refractivity contribution in [3.05, 3.63) is 28.5 Å². The first-order valence-electron chi connectivity index (χ1n) is 3.53. The van der Waals surface area contributed by atoms with Gasteiger partial charge in [0.15, 0.2) is 11.5 Å². The largest absolute Gasteiger partial charge is 0.502 e. The number of halogens is 1. The van der Waals surface area contributed by atoms with Crippen molar-refractivity contribution in [2.75, 3.05) is 7.11 Å². The third-order valence-electron chi connectivity index (χ3n) is 1.43. The summed E-state index contributed by atoms with van der Waals surface area (Å²) in [4.78, 5) is 0. The molecule has 70 valence electrons. The molecule has 0 aliphatic rings. The second-order valence-corrected chi connectivity index (χ2v) is 3.48. The third kappa shape index (κ3) is 2.27. The molecule has 0 bridgehead atoms. The molecule has 0 unspecified atom stereocenters. The van der Waals surface area contributed by atoms with Gasteiger partial charge >= 0.3 is 0 Å². The number of phenolic OH excluding ortho intramolecular Hbond substituents is 1. The Labute approximate surface area is 90.1 Å². The summed E-state index contributed by atoms with van der Waals surface area (Å²) in [6, 6.07) is 3.41. The number of hydrogen-bond acceptors (Lipinski definition) is 3. The van der Waals surface area contributed by atoms with Gasteiger partial charge in [-0.2, -0.15) is 0 Å². The van der Waals surface area contributed by atoms with E-state index in [1.807, 2.05) is 0 Å². The van der Waals surface area contributed by atoms with E-state index in [2.05, 4.69) is 29.2 Å². The van der Waals surface area contributed by atoms with E-state index in [1.54, 1.807) is 12.1 Å². The van der Waals surface area contributed by atoms with Crippen LogP contribution in [0.4, 0.5) is 0 Å². The Morgan fingerprint density at radius 3 is 2.62 bits per heavy atom. The zero-order chi connectivity index (χ0) is 9.84. The van der Waals surface area contributed by atoms with Crippen LogP contribution in [0.5, 0.6) is 17.2 Å². The lowest BCUT2D eigenvalue weighted by Crippen LogP contribution is -1.89. The van der Waals surface area contributed by atoms with Crippen molar-refractivity contribution in [1.82, 2.24) is 0 Å². The van der Waals surface area contributed by atoms with Crippen molar-refractivity contribution in [3.63, 3.8) is 0 Å². The minimum atomic E-state index is -0.0113. The van der Waals surface area contributed by atoms with Crippen LogP contribution < -0.4 is 9.47 Å². The van der Waals surface area contributed by atoms with Gasteiger partial charge in [-0.1, -0.05) is 6.58 Å². The minimum Gasteiger partial charge on any atom is -0.502 e. The summed E-state index contributed by atoms with van der Waals surface area (Å²) in [5.41, 5.74) is 0. The first-order chi connectivity index (χ1) is 6.19. The van der Waals surface area contributed by atoms with E-state index >= 15 is 0 Å². The Bertz CT molecular complexity index is 323. The molecular formula is C9H9IO3. The molecule has 0 amide bonds. The average molecular weight is 292 g/mol. The van der Waals surface area contributed by atoms with E-state index in [4.69, 9.17) is 9.47 Å². The standard InChI is InChI=1S/C9H9IO3/c1-3-13-8-5-6(10)4-7(12-2)9(8)11/h3-5,11H,1H2,2H3. The van der Waals surface area contributed by atoms with Crippen LogP contribution in [0.25, 0.3) is 0 Å². The van der Waals surface area contributed by atoms with Gasteiger partial charge in [-0.3, -0.25) is 0 Å². The zero-order valence-electron chi connectivity index (χ0n) is 7.08. The molecule has 0 saturated heterocycles. The van der Waals surface area contributed by atoms with E-state index in [1.165, 1.54) is 13.4 Å². The van der Waals surface area contributed by atoms with Crippen LogP contribution in [0.3, 0.4) is 0 Å². The molecule has 1 aromatic carbocycles. The molecule has 0 spiro atoms. The molecule has 1 aromatic rings. The average Bonchev–Trinajstić information content (AvgIpc) is 2.11. The lowest BCUT2D eigenvalue weighted by molar-refractivity contribution is 0.354. The van der Waals surface area contributed by atoms with Crippen molar-refractivity contribution < 1.29 is 14.6 Å². The highest BCUT2D eigenvalue weighted by molar-refractivity contribution is 14.1. The monoisotopic (exact) mass is 292 g/mol. The summed E-state index contributed by atoms with van der Waals surface area (Å²) in [7, 11) is 1.49. The van der Waals surface area contributed by atoms with E-state index in [-0.39, 0.29) is 5.75 Å². The molecule has 0 atom stereocenters. The van der Waals surface area contributed by atoms with Crippen molar-refractivity contribution in [2.24, 2.45) is 0 Å². The smallest absolute Gasteiger partial charge is 0.201 e. The van der Waals surface area contributed by atoms with Gasteiger partial charge in [0.1, 0.15) is 0 Å². The van der Waals surface area contributed by atoms with Gasteiger partial charge in [0.05, 0.1) is 13.4 Å². The lowest BCUT2D eigenvalue weighted by atomic mass is 10.3. The van der Waals surface area contributed by atoms with Crippen LogP contribution >= 0.6 is 22.6 Å². The van der Waals surface area contributed by atoms with Gasteiger partial charge in [-0.15, -0.1) is 0 Å². The summed E-state index contributed by atoms with van der Waals surface area (Å²) in [6.45, 7) is 3.41. The summed E-state index contributed by atoms with van der Waals surface area (Å²) >= 11 is 2.11. The highest BCUT2D eigenvalue weighted by Gasteiger charge is 2.09. The van der Waals surface area contributed by atoms with Gasteiger partial charge in [-0.05, 0) is 34.7 Å². The first-order valence-corrected chi connectivity index (χ1v) is 4.61. The molecular weight excluding hydrogens is 283 g/mol. The third-order valence-corrected chi connectivity index (χ3v) is 2.06. The normalized spacial score (nSPS) is 9.38. The van der Waals surface area contributed by atoms with Gasteiger partial charge in [0.25, 0.3) is 0 Å². The summed E-state index contributed by atoms with van der Waals surface area (Å²) in [6.07, 6.45) is 1.25. The predicted molar refractivity (Wildman–Crippen MR) is 58.2 cm³/mol. The van der Waals surface area contributed by atoms with Crippen LogP contribution in [0, 0.1) is 3.57 Å². The number of ether oxygens (including phenoxy) is 2. The molecule has 0 aliphatic heterocycles. The Kier molecular flexibility index (Phi) is 3.41. The maximum absolute atomic E-state index is 9.54. The maximum atomic E-state index is 9.54. The number of aromatic hydroxyl groups is 1. The fourth-order valence-corrected chi connectivity index (χ4v) is 1.45. The van der Waals surface area contributed by atoms with Crippen molar-refractivity contribution in [1.29, 1.82) is 0 Å². The number of phenols is 1. The van der Waals surface area contributed by atoms with Gasteiger partial charge < -0.3 is 14.6 Å². The van der Waals surface area contributed by atoms with Crippen LogP contribution in [-0.2, 0) is 0 Å². The number of rotatable bonds is 3. The summed E-state index contributed by atoms with van der Waals surface area (Å²) in [5.74, 6) is 0.727. The Hall–Kier alpha value is -0.910. The second-order valence-electron chi connectivity index (χ2n) is 2.24. The van der Waals surface area contributed by atoms with Crippen LogP contribution in [0.1, 0.15) is 0 Å². The Balaban J connectivity index is 3.18. The van der Waals surface area contributed by atoms with Gasteiger partial charge in [0.2, 0.25) is 5.75 Å². The summed E-state index contributed by atoms with van der Waals surface area (Å²) in [5, 5.41) is 9.54. The molecule has 0 fully saturated rings. The van der Waals surface area contributed by atoms with E-state index in [0.29, 0.717) is 11.5 Å². The molecule has 3 nitrogen and oxygen atoms in total. The quantitative estimate of drug-likeness (QED) is 0.687. The van der Waals surface area contributed by atoms with Crippen LogP contribution in [0.15, 0.2) is 25.0 Å². The maximum Gasteiger partial charge on any atom is 0.201 e. The molecule has 13 heavy (non-hydrogen) atoms. The minimum absolute atomic E-state index is 0.0113. The number of hydrogen-bond donors (Lipinski definition) is 1. The number of benzene rings is 1. The molecule has 1 N–H and O–H groups in total. The summed E-state index contributed by atoms with van der Waals surface area (Å²) < 4.78 is 10.9. The Morgan fingerprint density at radius 2 is 2.08 bits per heavy atom. The highest BCUT2D eigenvalue weighted by Crippen LogP contribution is 2.37. The molecule has 0 saturated carbocycles. The van der Waals surface area contributed by atoms with Crippen LogP contribution in [0.2, 0.25) is 0 Å². The second kappa shape index (κ2) is 4.36. The van der Waals surface area contributed by atoms with Crippen molar-refractivity contribution in [3.8, 4) is 17.2 Å². The number of methoxy groups -OCH3 is 1. The van der Waals surface area contributed by atoms with Crippen molar-refractivity contribution in [2.45, 2.75) is 0 Å². The molecule has 0 aliphatic carbocycles. The highest BCUT2D eigenvalue weighted by atomic mass is 127. The van der Waals surface area contributed by atoms with E-state index < -0.39 is 0 Å². The van der Waals surface area contributed by atoms with E-state index in [0.717, 1.165) is 3.57 Å². The van der Waals surface area contributed by atoms with Gasteiger partial charge in [0, 0.05) is 3.57 Å². The predicted octanol–water partition coefficient (Wildman–Crippen LogP) is 2.53. The zero-order valence-corrected chi connectivity index (χ0v) is 9.24. The SMILES string of the molecule is C=COc1cc(I)cc(OC)c1O. The molecule has 0 radical (unpaired) electrons. The van der Waals surface area contributed by atoms with Gasteiger partial charge in [-0.25, -0.2) is 0 Å². The fourth-order valence-electron chi connectivity index (χ4n) is 0.885. The first kappa shape index (κ1) is 10.2. The molecule has 4 heteroatoms. The van der Waals surface area contributed by atoms with Crippen molar-refractivity contribution >= 4 is 22.6 Å². The van der Waals surface area contributed by atoms with Crippen LogP contribution in [-0.4, -0.2) is 12.2 Å². The lowest BCUT2D eigenvalue weighted by Gasteiger charge is -2.08. The molecule has 0 heterocycles. The molecule has 0 aromatic heterocycles. The van der Waals surface area contributed by atoms with E-state index in [9.17, 15) is 5.11 Å². The topological polar surface area (TPSA) is 38.7 Å².